The largest absolute Gasteiger partial charge is 0.480 e. The van der Waals surface area contributed by atoms with E-state index < -0.39 is 5.97 Å². The fourth-order valence-corrected chi connectivity index (χ4v) is 2.04. The van der Waals surface area contributed by atoms with Crippen LogP contribution in [0, 0.1) is 11.8 Å². The first-order chi connectivity index (χ1) is 6.58. The van der Waals surface area contributed by atoms with Gasteiger partial charge in [0.05, 0.1) is 18.4 Å². The van der Waals surface area contributed by atoms with Crippen LogP contribution in [0.4, 0.5) is 0 Å². The zero-order valence-electron chi connectivity index (χ0n) is 7.40. The van der Waals surface area contributed by atoms with E-state index in [9.17, 15) is 14.4 Å². The quantitative estimate of drug-likeness (QED) is 0.515. The number of carbonyl (C=O) groups excluding carboxylic acids is 2. The second-order valence-electron chi connectivity index (χ2n) is 3.65. The van der Waals surface area contributed by atoms with Gasteiger partial charge in [0, 0.05) is 13.1 Å². The van der Waals surface area contributed by atoms with Crippen molar-refractivity contribution in [2.45, 2.75) is 0 Å². The maximum atomic E-state index is 11.2. The molecule has 2 amide bonds. The van der Waals surface area contributed by atoms with Crippen LogP contribution >= 0.6 is 0 Å². The average molecular weight is 198 g/mol. The van der Waals surface area contributed by atoms with Gasteiger partial charge in [-0.25, -0.2) is 0 Å². The van der Waals surface area contributed by atoms with Crippen LogP contribution in [-0.2, 0) is 14.4 Å². The van der Waals surface area contributed by atoms with E-state index in [0.29, 0.717) is 13.1 Å². The SMILES string of the molecule is O=C(O)CN1CC2C(=O)NC(=O)C2C1. The van der Waals surface area contributed by atoms with Gasteiger partial charge < -0.3 is 5.11 Å². The van der Waals surface area contributed by atoms with Crippen LogP contribution in [0.1, 0.15) is 0 Å². The van der Waals surface area contributed by atoms with E-state index in [1.807, 2.05) is 0 Å². The number of carboxylic acid groups (broad SMARTS) is 1. The maximum Gasteiger partial charge on any atom is 0.317 e. The lowest BCUT2D eigenvalue weighted by molar-refractivity contribution is -0.138. The zero-order chi connectivity index (χ0) is 10.3. The Morgan fingerprint density at radius 3 is 2.29 bits per heavy atom. The lowest BCUT2D eigenvalue weighted by Gasteiger charge is -2.12. The van der Waals surface area contributed by atoms with Crippen molar-refractivity contribution >= 4 is 17.8 Å². The molecule has 2 N–H and O–H groups in total. The molecule has 6 nitrogen and oxygen atoms in total. The summed E-state index contributed by atoms with van der Waals surface area (Å²) in [7, 11) is 0. The van der Waals surface area contributed by atoms with Crippen molar-refractivity contribution in [3.05, 3.63) is 0 Å². The summed E-state index contributed by atoms with van der Waals surface area (Å²) in [6.45, 7) is 0.636. The van der Waals surface area contributed by atoms with E-state index in [4.69, 9.17) is 5.11 Å². The van der Waals surface area contributed by atoms with Crippen LogP contribution in [-0.4, -0.2) is 47.4 Å². The van der Waals surface area contributed by atoms with Gasteiger partial charge >= 0.3 is 5.97 Å². The molecule has 2 fully saturated rings. The van der Waals surface area contributed by atoms with Gasteiger partial charge in [-0.3, -0.25) is 24.6 Å². The normalized spacial score (nSPS) is 31.7. The van der Waals surface area contributed by atoms with E-state index in [1.54, 1.807) is 4.90 Å². The Labute approximate surface area is 79.9 Å². The van der Waals surface area contributed by atoms with Crippen LogP contribution in [0.2, 0.25) is 0 Å². The average Bonchev–Trinajstić information content (AvgIpc) is 2.55. The fraction of sp³-hybridized carbons (Fsp3) is 0.625. The Morgan fingerprint density at radius 2 is 1.86 bits per heavy atom. The molecule has 2 rings (SSSR count). The number of carboxylic acids is 1. The monoisotopic (exact) mass is 198 g/mol. The zero-order valence-corrected chi connectivity index (χ0v) is 7.40. The number of imide groups is 1. The molecule has 14 heavy (non-hydrogen) atoms. The summed E-state index contributed by atoms with van der Waals surface area (Å²) < 4.78 is 0. The molecular formula is C8H10N2O4. The highest BCUT2D eigenvalue weighted by molar-refractivity contribution is 6.05. The highest BCUT2D eigenvalue weighted by Gasteiger charge is 2.47. The van der Waals surface area contributed by atoms with Gasteiger partial charge in [-0.2, -0.15) is 0 Å². The molecule has 0 aromatic rings. The summed E-state index contributed by atoms with van der Waals surface area (Å²) >= 11 is 0. The summed E-state index contributed by atoms with van der Waals surface area (Å²) in [6, 6.07) is 0. The number of nitrogens with one attached hydrogen (secondary N) is 1. The molecule has 76 valence electrons. The number of nitrogens with zero attached hydrogens (tertiary/aromatic N) is 1. The first kappa shape index (κ1) is 9.14. The molecule has 2 aliphatic rings. The Bertz CT molecular complexity index is 292. The van der Waals surface area contributed by atoms with E-state index in [2.05, 4.69) is 5.32 Å². The molecule has 0 aliphatic carbocycles. The number of hydrogen-bond donors (Lipinski definition) is 2. The fourth-order valence-electron chi connectivity index (χ4n) is 2.04. The molecule has 0 saturated carbocycles. The van der Waals surface area contributed by atoms with Crippen molar-refractivity contribution in [1.29, 1.82) is 0 Å². The first-order valence-electron chi connectivity index (χ1n) is 4.37. The third-order valence-electron chi connectivity index (χ3n) is 2.67. The second kappa shape index (κ2) is 3.06. The van der Waals surface area contributed by atoms with E-state index >= 15 is 0 Å². The Balaban J connectivity index is 2.04. The molecule has 0 spiro atoms. The minimum Gasteiger partial charge on any atom is -0.480 e. The molecule has 0 aromatic heterocycles. The molecule has 2 aliphatic heterocycles. The summed E-state index contributed by atoms with van der Waals surface area (Å²) in [6.07, 6.45) is 0. The standard InChI is InChI=1S/C8H10N2O4/c11-6(12)3-10-1-4-5(2-10)8(14)9-7(4)13/h4-5H,1-3H2,(H,11,12)(H,9,13,14). The third kappa shape index (κ3) is 1.37. The molecule has 0 aromatic carbocycles. The van der Waals surface area contributed by atoms with Crippen molar-refractivity contribution in [2.24, 2.45) is 11.8 Å². The van der Waals surface area contributed by atoms with Gasteiger partial charge in [0.2, 0.25) is 11.8 Å². The van der Waals surface area contributed by atoms with Crippen molar-refractivity contribution in [1.82, 2.24) is 10.2 Å². The van der Waals surface area contributed by atoms with Crippen LogP contribution in [0.25, 0.3) is 0 Å². The number of hydrogen-bond acceptors (Lipinski definition) is 4. The molecule has 0 bridgehead atoms. The van der Waals surface area contributed by atoms with Crippen LogP contribution in [0.5, 0.6) is 0 Å². The van der Waals surface area contributed by atoms with Crippen molar-refractivity contribution in [3.63, 3.8) is 0 Å². The second-order valence-corrected chi connectivity index (χ2v) is 3.65. The summed E-state index contributed by atoms with van der Waals surface area (Å²) in [5.41, 5.74) is 0. The predicted octanol–water partition coefficient (Wildman–Crippen LogP) is -1.72. The number of rotatable bonds is 2. The van der Waals surface area contributed by atoms with Crippen molar-refractivity contribution in [2.75, 3.05) is 19.6 Å². The number of aliphatic carboxylic acids is 1. The Morgan fingerprint density at radius 1 is 1.36 bits per heavy atom. The lowest BCUT2D eigenvalue weighted by Crippen LogP contribution is -2.34. The van der Waals surface area contributed by atoms with E-state index in [0.717, 1.165) is 0 Å². The molecule has 2 atom stereocenters. The minimum atomic E-state index is -0.933. The highest BCUT2D eigenvalue weighted by Crippen LogP contribution is 2.27. The molecule has 6 heteroatoms. The first-order valence-corrected chi connectivity index (χ1v) is 4.37. The van der Waals surface area contributed by atoms with Gasteiger partial charge in [-0.1, -0.05) is 0 Å². The number of amides is 2. The van der Waals surface area contributed by atoms with E-state index in [-0.39, 0.29) is 30.2 Å². The maximum absolute atomic E-state index is 11.2. The van der Waals surface area contributed by atoms with Gasteiger partial charge in [0.25, 0.3) is 0 Å². The highest BCUT2D eigenvalue weighted by atomic mass is 16.4. The number of carbonyl (C=O) groups is 3. The topological polar surface area (TPSA) is 86.7 Å². The van der Waals surface area contributed by atoms with E-state index in [1.165, 1.54) is 0 Å². The molecule has 2 saturated heterocycles. The summed E-state index contributed by atoms with van der Waals surface area (Å²) in [5, 5.41) is 10.8. The minimum absolute atomic E-state index is 0.104. The smallest absolute Gasteiger partial charge is 0.317 e. The molecule has 0 radical (unpaired) electrons. The van der Waals surface area contributed by atoms with Crippen LogP contribution in [0.15, 0.2) is 0 Å². The van der Waals surface area contributed by atoms with Gasteiger partial charge in [-0.05, 0) is 0 Å². The van der Waals surface area contributed by atoms with Crippen LogP contribution in [0.3, 0.4) is 0 Å². The van der Waals surface area contributed by atoms with Crippen molar-refractivity contribution in [3.8, 4) is 0 Å². The van der Waals surface area contributed by atoms with Crippen LogP contribution < -0.4 is 5.32 Å². The molecule has 2 heterocycles. The lowest BCUT2D eigenvalue weighted by atomic mass is 10.00. The number of fused-ring (bicyclic) bond motifs is 1. The summed E-state index contributed by atoms with van der Waals surface area (Å²) in [4.78, 5) is 34.4. The van der Waals surface area contributed by atoms with Crippen molar-refractivity contribution < 1.29 is 19.5 Å². The third-order valence-corrected chi connectivity index (χ3v) is 2.67. The van der Waals surface area contributed by atoms with Gasteiger partial charge in [-0.15, -0.1) is 0 Å². The molecule has 2 unspecified atom stereocenters. The predicted molar refractivity (Wildman–Crippen MR) is 44.2 cm³/mol. The Kier molecular flexibility index (Phi) is 1.99. The Hall–Kier alpha value is -1.43. The molecular weight excluding hydrogens is 188 g/mol. The van der Waals surface area contributed by atoms with Gasteiger partial charge in [0.15, 0.2) is 0 Å². The number of likely N-dealkylation sites (tertiary alicyclic amines) is 1. The van der Waals surface area contributed by atoms with Gasteiger partial charge in [0.1, 0.15) is 0 Å². The summed E-state index contributed by atoms with van der Waals surface area (Å²) in [5.74, 6) is -2.16.